The number of aromatic nitrogens is 2. The van der Waals surface area contributed by atoms with Crippen LogP contribution in [0.4, 0.5) is 18.2 Å². The molecule has 0 bridgehead atoms. The van der Waals surface area contributed by atoms with E-state index in [1.807, 2.05) is 6.07 Å². The molecule has 7 heteroatoms. The Balaban J connectivity index is 1.87. The molecule has 0 aromatic carbocycles. The molecule has 1 fully saturated rings. The number of hydrogen-bond acceptors (Lipinski definition) is 4. The summed E-state index contributed by atoms with van der Waals surface area (Å²) >= 11 is 1.26. The molecule has 20 heavy (non-hydrogen) atoms. The first-order valence-electron chi connectivity index (χ1n) is 6.25. The van der Waals surface area contributed by atoms with E-state index in [0.29, 0.717) is 15.9 Å². The van der Waals surface area contributed by atoms with Crippen LogP contribution in [0.2, 0.25) is 0 Å². The number of pyridine rings is 1. The van der Waals surface area contributed by atoms with Gasteiger partial charge in [0.2, 0.25) is 0 Å². The van der Waals surface area contributed by atoms with Crippen molar-refractivity contribution >= 4 is 16.3 Å². The molecule has 2 aromatic heterocycles. The largest absolute Gasteiger partial charge is 0.405 e. The van der Waals surface area contributed by atoms with Crippen molar-refractivity contribution in [2.24, 2.45) is 0 Å². The summed E-state index contributed by atoms with van der Waals surface area (Å²) in [6.45, 7) is -1.03. The van der Waals surface area contributed by atoms with Gasteiger partial charge < -0.3 is 5.32 Å². The number of hydrogen-bond donors (Lipinski definition) is 1. The van der Waals surface area contributed by atoms with Crippen LogP contribution in [0.3, 0.4) is 0 Å². The highest BCUT2D eigenvalue weighted by Gasteiger charge is 2.32. The van der Waals surface area contributed by atoms with Gasteiger partial charge in [-0.05, 0) is 25.0 Å². The summed E-state index contributed by atoms with van der Waals surface area (Å²) in [5.74, 6) is 0.299. The molecule has 1 saturated carbocycles. The van der Waals surface area contributed by atoms with E-state index >= 15 is 0 Å². The average Bonchev–Trinajstić information content (AvgIpc) is 3.17. The molecule has 0 amide bonds. The van der Waals surface area contributed by atoms with E-state index < -0.39 is 12.7 Å². The number of nitrogens with one attached hydrogen (secondary N) is 1. The Hall–Kier alpha value is -1.63. The van der Waals surface area contributed by atoms with E-state index in [4.69, 9.17) is 0 Å². The molecule has 0 spiro atoms. The zero-order chi connectivity index (χ0) is 14.2. The van der Waals surface area contributed by atoms with Crippen molar-refractivity contribution in [3.8, 4) is 10.6 Å². The smallest absolute Gasteiger partial charge is 0.367 e. The normalized spacial score (nSPS) is 15.3. The lowest BCUT2D eigenvalue weighted by atomic mass is 10.3. The highest BCUT2D eigenvalue weighted by molar-refractivity contribution is 7.19. The molecule has 0 atom stereocenters. The van der Waals surface area contributed by atoms with Gasteiger partial charge in [0.1, 0.15) is 16.6 Å². The van der Waals surface area contributed by atoms with Gasteiger partial charge in [-0.3, -0.25) is 4.98 Å². The molecule has 3 rings (SSSR count). The molecule has 0 aliphatic heterocycles. The van der Waals surface area contributed by atoms with Crippen LogP contribution in [-0.2, 0) is 0 Å². The molecule has 1 aliphatic carbocycles. The molecule has 2 aromatic rings. The van der Waals surface area contributed by atoms with Crippen molar-refractivity contribution in [1.82, 2.24) is 9.97 Å². The van der Waals surface area contributed by atoms with Gasteiger partial charge >= 0.3 is 6.18 Å². The van der Waals surface area contributed by atoms with E-state index in [9.17, 15) is 13.2 Å². The maximum Gasteiger partial charge on any atom is 0.405 e. The lowest BCUT2D eigenvalue weighted by molar-refractivity contribution is -0.115. The quantitative estimate of drug-likeness (QED) is 0.925. The summed E-state index contributed by atoms with van der Waals surface area (Å²) in [6.07, 6.45) is 1.10. The van der Waals surface area contributed by atoms with Gasteiger partial charge in [0.15, 0.2) is 0 Å². The number of alkyl halides is 3. The first-order chi connectivity index (χ1) is 9.53. The maximum atomic E-state index is 12.3. The molecule has 3 nitrogen and oxygen atoms in total. The summed E-state index contributed by atoms with van der Waals surface area (Å²) < 4.78 is 37.0. The topological polar surface area (TPSA) is 37.8 Å². The number of halogens is 3. The van der Waals surface area contributed by atoms with E-state index in [-0.39, 0.29) is 0 Å². The van der Waals surface area contributed by atoms with Gasteiger partial charge in [0.05, 0.1) is 5.69 Å². The van der Waals surface area contributed by atoms with Crippen LogP contribution >= 0.6 is 11.3 Å². The third kappa shape index (κ3) is 3.09. The summed E-state index contributed by atoms with van der Waals surface area (Å²) in [6, 6.07) is 3.65. The maximum absolute atomic E-state index is 12.3. The minimum Gasteiger partial charge on any atom is -0.367 e. The summed E-state index contributed by atoms with van der Waals surface area (Å²) in [7, 11) is 0. The van der Waals surface area contributed by atoms with Crippen molar-refractivity contribution in [2.45, 2.75) is 24.9 Å². The summed E-state index contributed by atoms with van der Waals surface area (Å²) in [5, 5.41) is 3.72. The highest BCUT2D eigenvalue weighted by atomic mass is 32.1. The number of anilines is 1. The number of thiazole rings is 1. The predicted molar refractivity (Wildman–Crippen MR) is 71.9 cm³/mol. The number of rotatable bonds is 4. The fraction of sp³-hybridized carbons (Fsp3) is 0.385. The zero-order valence-corrected chi connectivity index (χ0v) is 11.3. The summed E-state index contributed by atoms with van der Waals surface area (Å²) in [5.41, 5.74) is 1.59. The minimum absolute atomic E-state index is 0.299. The van der Waals surface area contributed by atoms with Crippen LogP contribution < -0.4 is 5.32 Å². The van der Waals surface area contributed by atoms with Crippen molar-refractivity contribution < 1.29 is 13.2 Å². The Labute approximate surface area is 117 Å². The van der Waals surface area contributed by atoms with Crippen LogP contribution in [0.25, 0.3) is 10.6 Å². The summed E-state index contributed by atoms with van der Waals surface area (Å²) in [4.78, 5) is 8.50. The standard InChI is InChI=1S/C13H12F3N3S/c14-13(15,16)7-18-12-10(8-3-4-8)19-11(20-12)9-2-1-5-17-6-9/h1-2,5-6,8,18H,3-4,7H2. The highest BCUT2D eigenvalue weighted by Crippen LogP contribution is 2.46. The monoisotopic (exact) mass is 299 g/mol. The van der Waals surface area contributed by atoms with Gasteiger partial charge in [-0.25, -0.2) is 4.98 Å². The molecule has 1 aliphatic rings. The van der Waals surface area contributed by atoms with E-state index in [1.165, 1.54) is 11.3 Å². The Morgan fingerprint density at radius 2 is 2.15 bits per heavy atom. The fourth-order valence-electron chi connectivity index (χ4n) is 1.89. The van der Waals surface area contributed by atoms with Crippen LogP contribution in [0.1, 0.15) is 24.5 Å². The first-order valence-corrected chi connectivity index (χ1v) is 7.06. The third-order valence-electron chi connectivity index (χ3n) is 2.98. The minimum atomic E-state index is -4.22. The molecule has 2 heterocycles. The second kappa shape index (κ2) is 5.05. The van der Waals surface area contributed by atoms with Gasteiger partial charge in [-0.1, -0.05) is 11.3 Å². The Morgan fingerprint density at radius 3 is 2.75 bits per heavy atom. The van der Waals surface area contributed by atoms with E-state index in [2.05, 4.69) is 15.3 Å². The van der Waals surface area contributed by atoms with Crippen LogP contribution in [0.5, 0.6) is 0 Å². The fourth-order valence-corrected chi connectivity index (χ4v) is 2.92. The zero-order valence-electron chi connectivity index (χ0n) is 10.4. The SMILES string of the molecule is FC(F)(F)CNc1sc(-c2cccnc2)nc1C1CC1. The molecular weight excluding hydrogens is 287 g/mol. The Morgan fingerprint density at radius 1 is 1.35 bits per heavy atom. The van der Waals surface area contributed by atoms with Crippen LogP contribution in [0.15, 0.2) is 24.5 Å². The van der Waals surface area contributed by atoms with E-state index in [1.54, 1.807) is 18.5 Å². The van der Waals surface area contributed by atoms with Gasteiger partial charge in [-0.15, -0.1) is 0 Å². The molecular formula is C13H12F3N3S. The first kappa shape index (κ1) is 13.4. The molecule has 0 radical (unpaired) electrons. The molecule has 106 valence electrons. The van der Waals surface area contributed by atoms with E-state index in [0.717, 1.165) is 24.1 Å². The van der Waals surface area contributed by atoms with Gasteiger partial charge in [0.25, 0.3) is 0 Å². The number of nitrogens with zero attached hydrogens (tertiary/aromatic N) is 2. The van der Waals surface area contributed by atoms with Crippen molar-refractivity contribution in [3.63, 3.8) is 0 Å². The van der Waals surface area contributed by atoms with Crippen molar-refractivity contribution in [1.29, 1.82) is 0 Å². The van der Waals surface area contributed by atoms with Crippen molar-refractivity contribution in [3.05, 3.63) is 30.2 Å². The van der Waals surface area contributed by atoms with Crippen LogP contribution in [0, 0.1) is 0 Å². The lowest BCUT2D eigenvalue weighted by Crippen LogP contribution is -2.21. The third-order valence-corrected chi connectivity index (χ3v) is 4.05. The van der Waals surface area contributed by atoms with Crippen LogP contribution in [-0.4, -0.2) is 22.7 Å². The average molecular weight is 299 g/mol. The van der Waals surface area contributed by atoms with Gasteiger partial charge in [0, 0.05) is 23.9 Å². The lowest BCUT2D eigenvalue weighted by Gasteiger charge is -2.08. The van der Waals surface area contributed by atoms with Gasteiger partial charge in [-0.2, -0.15) is 13.2 Å². The molecule has 0 unspecified atom stereocenters. The molecule has 0 saturated heterocycles. The Bertz CT molecular complexity index is 591. The Kier molecular flexibility index (Phi) is 3.37. The van der Waals surface area contributed by atoms with Crippen molar-refractivity contribution in [2.75, 3.05) is 11.9 Å². The second-order valence-corrected chi connectivity index (χ2v) is 5.72. The predicted octanol–water partition coefficient (Wildman–Crippen LogP) is 4.06. The molecule has 1 N–H and O–H groups in total. The second-order valence-electron chi connectivity index (χ2n) is 4.72.